The zero-order valence-electron chi connectivity index (χ0n) is 11.7. The van der Waals surface area contributed by atoms with E-state index in [4.69, 9.17) is 5.11 Å². The molecule has 0 saturated carbocycles. The van der Waals surface area contributed by atoms with E-state index in [1.807, 2.05) is 0 Å². The van der Waals surface area contributed by atoms with Gasteiger partial charge in [-0.25, -0.2) is 9.59 Å². The molecule has 7 nitrogen and oxygen atoms in total. The highest BCUT2D eigenvalue weighted by Gasteiger charge is 2.40. The smallest absolute Gasteiger partial charge is 0.326 e. The minimum atomic E-state index is -0.968. The minimum Gasteiger partial charge on any atom is -0.480 e. The highest BCUT2D eigenvalue weighted by Crippen LogP contribution is 2.24. The number of nitrogens with zero attached hydrogens (tertiary/aromatic N) is 2. The fraction of sp³-hybridized carbons (Fsp3) is 0.769. The number of hydrogen-bond acceptors (Lipinski definition) is 3. The maximum Gasteiger partial charge on any atom is 0.326 e. The molecule has 2 rings (SSSR count). The molecule has 2 atom stereocenters. The SMILES string of the molecule is CNC(=O)C1CCCCN1C(=O)N1CCC[C@H]1C(=O)O. The third-order valence-corrected chi connectivity index (χ3v) is 4.08. The van der Waals surface area contributed by atoms with Gasteiger partial charge in [-0.2, -0.15) is 0 Å². The Morgan fingerprint density at radius 3 is 2.25 bits per heavy atom. The molecule has 7 heteroatoms. The normalized spacial score (nSPS) is 26.4. The highest BCUT2D eigenvalue weighted by molar-refractivity contribution is 5.89. The lowest BCUT2D eigenvalue weighted by atomic mass is 10.0. The summed E-state index contributed by atoms with van der Waals surface area (Å²) in [5.74, 6) is -1.14. The lowest BCUT2D eigenvalue weighted by Gasteiger charge is -2.37. The first kappa shape index (κ1) is 14.6. The van der Waals surface area contributed by atoms with Gasteiger partial charge in [-0.15, -0.1) is 0 Å². The van der Waals surface area contributed by atoms with Gasteiger partial charge in [-0.05, 0) is 32.1 Å². The summed E-state index contributed by atoms with van der Waals surface area (Å²) in [7, 11) is 1.55. The lowest BCUT2D eigenvalue weighted by molar-refractivity contribution is -0.141. The van der Waals surface area contributed by atoms with Crippen LogP contribution in [0.1, 0.15) is 32.1 Å². The maximum atomic E-state index is 12.6. The Hall–Kier alpha value is -1.79. The molecule has 0 aliphatic carbocycles. The van der Waals surface area contributed by atoms with Crippen molar-refractivity contribution in [3.05, 3.63) is 0 Å². The molecule has 1 unspecified atom stereocenters. The number of likely N-dealkylation sites (N-methyl/N-ethyl adjacent to an activating group) is 1. The molecule has 0 aromatic rings. The summed E-state index contributed by atoms with van der Waals surface area (Å²) in [6.07, 6.45) is 3.58. The van der Waals surface area contributed by atoms with Crippen LogP contribution < -0.4 is 5.32 Å². The van der Waals surface area contributed by atoms with Gasteiger partial charge in [0.15, 0.2) is 0 Å². The Morgan fingerprint density at radius 1 is 1.00 bits per heavy atom. The Kier molecular flexibility index (Phi) is 4.46. The number of carboxylic acid groups (broad SMARTS) is 1. The first-order valence-corrected chi connectivity index (χ1v) is 7.08. The third kappa shape index (κ3) is 2.71. The van der Waals surface area contributed by atoms with E-state index in [2.05, 4.69) is 5.32 Å². The molecule has 0 spiro atoms. The number of rotatable bonds is 2. The Balaban J connectivity index is 2.13. The first-order valence-electron chi connectivity index (χ1n) is 7.08. The Bertz CT molecular complexity index is 412. The minimum absolute atomic E-state index is 0.177. The van der Waals surface area contributed by atoms with E-state index >= 15 is 0 Å². The van der Waals surface area contributed by atoms with Crippen molar-refractivity contribution in [1.82, 2.24) is 15.1 Å². The van der Waals surface area contributed by atoms with Gasteiger partial charge >= 0.3 is 12.0 Å². The fourth-order valence-corrected chi connectivity index (χ4v) is 3.02. The third-order valence-electron chi connectivity index (χ3n) is 4.08. The van der Waals surface area contributed by atoms with Gasteiger partial charge in [0, 0.05) is 20.1 Å². The molecule has 2 fully saturated rings. The number of carboxylic acids is 1. The van der Waals surface area contributed by atoms with Gasteiger partial charge in [0.1, 0.15) is 12.1 Å². The lowest BCUT2D eigenvalue weighted by Crippen LogP contribution is -2.56. The van der Waals surface area contributed by atoms with Crippen LogP contribution in [0.3, 0.4) is 0 Å². The van der Waals surface area contributed by atoms with Crippen molar-refractivity contribution in [2.24, 2.45) is 0 Å². The topological polar surface area (TPSA) is 90.0 Å². The monoisotopic (exact) mass is 283 g/mol. The first-order chi connectivity index (χ1) is 9.56. The molecule has 0 radical (unpaired) electrons. The maximum absolute atomic E-state index is 12.6. The van der Waals surface area contributed by atoms with Crippen LogP contribution in [0.15, 0.2) is 0 Å². The van der Waals surface area contributed by atoms with E-state index in [0.717, 1.165) is 12.8 Å². The quantitative estimate of drug-likeness (QED) is 0.760. The van der Waals surface area contributed by atoms with Crippen LogP contribution in [0.5, 0.6) is 0 Å². The molecule has 2 saturated heterocycles. The molecule has 20 heavy (non-hydrogen) atoms. The summed E-state index contributed by atoms with van der Waals surface area (Å²) in [5, 5.41) is 11.7. The molecule has 2 heterocycles. The van der Waals surface area contributed by atoms with Crippen molar-refractivity contribution >= 4 is 17.9 Å². The summed E-state index contributed by atoms with van der Waals surface area (Å²) in [6, 6.07) is -1.55. The van der Waals surface area contributed by atoms with Gasteiger partial charge < -0.3 is 20.2 Å². The molecule has 0 aromatic heterocycles. The van der Waals surface area contributed by atoms with Crippen LogP contribution in [-0.4, -0.2) is 65.0 Å². The van der Waals surface area contributed by atoms with Crippen molar-refractivity contribution in [2.45, 2.75) is 44.2 Å². The van der Waals surface area contributed by atoms with Crippen molar-refractivity contribution in [2.75, 3.05) is 20.1 Å². The molecule has 2 aliphatic heterocycles. The van der Waals surface area contributed by atoms with Crippen LogP contribution in [-0.2, 0) is 9.59 Å². The number of piperidine rings is 1. The van der Waals surface area contributed by atoms with Crippen LogP contribution in [0, 0.1) is 0 Å². The largest absolute Gasteiger partial charge is 0.480 e. The summed E-state index contributed by atoms with van der Waals surface area (Å²) < 4.78 is 0. The van der Waals surface area contributed by atoms with E-state index < -0.39 is 18.1 Å². The van der Waals surface area contributed by atoms with E-state index in [1.54, 1.807) is 7.05 Å². The van der Waals surface area contributed by atoms with Crippen molar-refractivity contribution in [3.63, 3.8) is 0 Å². The standard InChI is InChI=1S/C13H21N3O4/c1-14-11(17)9-5-2-3-7-15(9)13(20)16-8-4-6-10(16)12(18)19/h9-10H,2-8H2,1H3,(H,14,17)(H,18,19)/t9?,10-/m0/s1. The van der Waals surface area contributed by atoms with Gasteiger partial charge in [0.25, 0.3) is 0 Å². The molecule has 3 amide bonds. The van der Waals surface area contributed by atoms with E-state index in [1.165, 1.54) is 9.80 Å². The molecular formula is C13H21N3O4. The summed E-state index contributed by atoms with van der Waals surface area (Å²) in [4.78, 5) is 38.5. The van der Waals surface area contributed by atoms with E-state index in [-0.39, 0.29) is 11.9 Å². The molecule has 2 N–H and O–H groups in total. The number of hydrogen-bond donors (Lipinski definition) is 2. The van der Waals surface area contributed by atoms with Crippen LogP contribution >= 0.6 is 0 Å². The predicted octanol–water partition coefficient (Wildman–Crippen LogP) is 0.256. The van der Waals surface area contributed by atoms with Gasteiger partial charge in [-0.1, -0.05) is 0 Å². The van der Waals surface area contributed by atoms with Crippen molar-refractivity contribution in [1.29, 1.82) is 0 Å². The van der Waals surface area contributed by atoms with Crippen LogP contribution in [0.25, 0.3) is 0 Å². The van der Waals surface area contributed by atoms with Crippen molar-refractivity contribution in [3.8, 4) is 0 Å². The van der Waals surface area contributed by atoms with Crippen LogP contribution in [0.4, 0.5) is 4.79 Å². The number of aliphatic carboxylic acids is 1. The molecule has 112 valence electrons. The number of amides is 3. The second-order valence-electron chi connectivity index (χ2n) is 5.29. The predicted molar refractivity (Wildman–Crippen MR) is 71.2 cm³/mol. The fourth-order valence-electron chi connectivity index (χ4n) is 3.02. The second kappa shape index (κ2) is 6.11. The highest BCUT2D eigenvalue weighted by atomic mass is 16.4. The summed E-state index contributed by atoms with van der Waals surface area (Å²) >= 11 is 0. The average molecular weight is 283 g/mol. The number of nitrogens with one attached hydrogen (secondary N) is 1. The Morgan fingerprint density at radius 2 is 1.60 bits per heavy atom. The summed E-state index contributed by atoms with van der Waals surface area (Å²) in [5.41, 5.74) is 0. The molecule has 0 bridgehead atoms. The van der Waals surface area contributed by atoms with Gasteiger partial charge in [0.2, 0.25) is 5.91 Å². The van der Waals surface area contributed by atoms with Gasteiger partial charge in [0.05, 0.1) is 0 Å². The molecule has 0 aromatic carbocycles. The summed E-state index contributed by atoms with van der Waals surface area (Å²) in [6.45, 7) is 0.965. The average Bonchev–Trinajstić information content (AvgIpc) is 2.95. The number of carbonyl (C=O) groups is 3. The second-order valence-corrected chi connectivity index (χ2v) is 5.29. The number of carbonyl (C=O) groups excluding carboxylic acids is 2. The number of urea groups is 1. The van der Waals surface area contributed by atoms with E-state index in [9.17, 15) is 14.4 Å². The zero-order chi connectivity index (χ0) is 14.7. The zero-order valence-corrected chi connectivity index (χ0v) is 11.7. The number of likely N-dealkylation sites (tertiary alicyclic amines) is 2. The van der Waals surface area contributed by atoms with Gasteiger partial charge in [-0.3, -0.25) is 4.79 Å². The molecular weight excluding hydrogens is 262 g/mol. The van der Waals surface area contributed by atoms with Crippen LogP contribution in [0.2, 0.25) is 0 Å². The Labute approximate surface area is 117 Å². The molecule has 2 aliphatic rings. The van der Waals surface area contributed by atoms with E-state index in [0.29, 0.717) is 32.4 Å². The van der Waals surface area contributed by atoms with Crippen molar-refractivity contribution < 1.29 is 19.5 Å².